The van der Waals surface area contributed by atoms with E-state index in [2.05, 4.69) is 25.6 Å². The van der Waals surface area contributed by atoms with Crippen molar-refractivity contribution in [2.24, 2.45) is 5.92 Å². The van der Waals surface area contributed by atoms with Crippen LogP contribution in [0.4, 0.5) is 0 Å². The fourth-order valence-corrected chi connectivity index (χ4v) is 4.77. The zero-order chi connectivity index (χ0) is 20.9. The zero-order valence-corrected chi connectivity index (χ0v) is 20.5. The van der Waals surface area contributed by atoms with Gasteiger partial charge in [0.1, 0.15) is 0 Å². The van der Waals surface area contributed by atoms with Crippen molar-refractivity contribution in [2.45, 2.75) is 118 Å². The molecule has 0 radical (unpaired) electrons. The Morgan fingerprint density at radius 3 is 1.61 bits per heavy atom. The van der Waals surface area contributed by atoms with Gasteiger partial charge in [0.05, 0.1) is 0 Å². The van der Waals surface area contributed by atoms with Crippen LogP contribution in [0.25, 0.3) is 0 Å². The highest BCUT2D eigenvalue weighted by Crippen LogP contribution is 2.34. The summed E-state index contributed by atoms with van der Waals surface area (Å²) in [5.41, 5.74) is 0. The van der Waals surface area contributed by atoms with Crippen LogP contribution in [0.2, 0.25) is 0 Å². The van der Waals surface area contributed by atoms with Gasteiger partial charge in [-0.1, -0.05) is 71.6 Å². The molecule has 0 amide bonds. The summed E-state index contributed by atoms with van der Waals surface area (Å²) < 4.78 is 18.4. The van der Waals surface area contributed by atoms with Crippen molar-refractivity contribution in [3.05, 3.63) is 0 Å². The van der Waals surface area contributed by atoms with Crippen LogP contribution in [-0.4, -0.2) is 37.3 Å². The fourth-order valence-electron chi connectivity index (χ4n) is 3.71. The van der Waals surface area contributed by atoms with Crippen LogP contribution >= 0.6 is 11.8 Å². The highest BCUT2D eigenvalue weighted by Gasteiger charge is 2.41. The van der Waals surface area contributed by atoms with Crippen molar-refractivity contribution in [3.63, 3.8) is 0 Å². The lowest BCUT2D eigenvalue weighted by molar-refractivity contribution is -0.402. The van der Waals surface area contributed by atoms with Crippen LogP contribution in [0.5, 0.6) is 0 Å². The monoisotopic (exact) mass is 418 g/mol. The molecule has 0 aromatic carbocycles. The van der Waals surface area contributed by atoms with Crippen LogP contribution < -0.4 is 0 Å². The number of ether oxygens (including phenoxy) is 3. The van der Waals surface area contributed by atoms with Crippen LogP contribution in [0.15, 0.2) is 0 Å². The SMILES string of the molecule is CCCCCCCCC(CCSCCCCCC)C(OCC)(OCC)OCC. The van der Waals surface area contributed by atoms with Crippen molar-refractivity contribution in [3.8, 4) is 0 Å². The number of hydrogen-bond donors (Lipinski definition) is 0. The Hall–Kier alpha value is 0.230. The van der Waals surface area contributed by atoms with E-state index in [1.165, 1.54) is 75.7 Å². The number of rotatable bonds is 22. The normalized spacial score (nSPS) is 13.2. The summed E-state index contributed by atoms with van der Waals surface area (Å²) in [5, 5.41) is 0. The maximum absolute atomic E-state index is 6.12. The molecule has 0 aromatic heterocycles. The van der Waals surface area contributed by atoms with Gasteiger partial charge < -0.3 is 14.2 Å². The van der Waals surface area contributed by atoms with E-state index in [1.54, 1.807) is 0 Å². The van der Waals surface area contributed by atoms with Crippen molar-refractivity contribution in [1.29, 1.82) is 0 Å². The van der Waals surface area contributed by atoms with Gasteiger partial charge >= 0.3 is 0 Å². The average molecular weight is 419 g/mol. The van der Waals surface area contributed by atoms with Crippen molar-refractivity contribution >= 4 is 11.8 Å². The van der Waals surface area contributed by atoms with Gasteiger partial charge in [0.15, 0.2) is 0 Å². The molecule has 0 rings (SSSR count). The summed E-state index contributed by atoms with van der Waals surface area (Å²) in [7, 11) is 0. The smallest absolute Gasteiger partial charge is 0.285 e. The first-order valence-corrected chi connectivity index (χ1v) is 13.4. The van der Waals surface area contributed by atoms with Gasteiger partial charge in [-0.3, -0.25) is 0 Å². The molecule has 0 N–H and O–H groups in total. The molecule has 0 bridgehead atoms. The molecule has 1 unspecified atom stereocenters. The molecule has 0 aromatic rings. The number of thioether (sulfide) groups is 1. The summed E-state index contributed by atoms with van der Waals surface area (Å²) >= 11 is 2.09. The van der Waals surface area contributed by atoms with Gasteiger partial charge in [0.25, 0.3) is 5.97 Å². The third-order valence-electron chi connectivity index (χ3n) is 5.20. The van der Waals surface area contributed by atoms with Gasteiger partial charge in [0, 0.05) is 25.7 Å². The highest BCUT2D eigenvalue weighted by atomic mass is 32.2. The van der Waals surface area contributed by atoms with Crippen LogP contribution in [0.1, 0.15) is 112 Å². The molecule has 170 valence electrons. The topological polar surface area (TPSA) is 27.7 Å². The first-order valence-electron chi connectivity index (χ1n) is 12.2. The van der Waals surface area contributed by atoms with Crippen molar-refractivity contribution < 1.29 is 14.2 Å². The summed E-state index contributed by atoms with van der Waals surface area (Å²) in [6.07, 6.45) is 15.5. The molecule has 0 aliphatic rings. The maximum Gasteiger partial charge on any atom is 0.285 e. The molecule has 0 spiro atoms. The maximum atomic E-state index is 6.12. The standard InChI is InChI=1S/C24H50O3S/c1-6-11-13-15-16-17-19-23(20-22-28-21-18-14-12-7-2)24(25-8-3,26-9-4)27-10-5/h23H,6-22H2,1-5H3. The molecular weight excluding hydrogens is 368 g/mol. The van der Waals surface area contributed by atoms with E-state index in [1.807, 2.05) is 20.8 Å². The summed E-state index contributed by atoms with van der Waals surface area (Å²) in [6, 6.07) is 0. The molecule has 0 heterocycles. The summed E-state index contributed by atoms with van der Waals surface area (Å²) in [5.74, 6) is 1.89. The quantitative estimate of drug-likeness (QED) is 0.132. The van der Waals surface area contributed by atoms with Crippen LogP contribution in [-0.2, 0) is 14.2 Å². The minimum atomic E-state index is -0.857. The Kier molecular flexibility index (Phi) is 20.7. The molecule has 3 nitrogen and oxygen atoms in total. The van der Waals surface area contributed by atoms with Crippen LogP contribution in [0, 0.1) is 5.92 Å². The third kappa shape index (κ3) is 13.5. The molecule has 1 atom stereocenters. The van der Waals surface area contributed by atoms with Crippen molar-refractivity contribution in [1.82, 2.24) is 0 Å². The van der Waals surface area contributed by atoms with Crippen molar-refractivity contribution in [2.75, 3.05) is 31.3 Å². The number of hydrogen-bond acceptors (Lipinski definition) is 4. The Bertz CT molecular complexity index is 295. The second-order valence-corrected chi connectivity index (χ2v) is 8.84. The highest BCUT2D eigenvalue weighted by molar-refractivity contribution is 7.99. The molecule has 0 aliphatic heterocycles. The van der Waals surface area contributed by atoms with Gasteiger partial charge in [-0.25, -0.2) is 0 Å². The molecule has 0 fully saturated rings. The first kappa shape index (κ1) is 28.2. The molecule has 0 aliphatic carbocycles. The molecule has 0 saturated carbocycles. The lowest BCUT2D eigenvalue weighted by Gasteiger charge is -2.39. The lowest BCUT2D eigenvalue weighted by atomic mass is 9.95. The van der Waals surface area contributed by atoms with E-state index in [-0.39, 0.29) is 0 Å². The minimum Gasteiger partial charge on any atom is -0.328 e. The minimum absolute atomic E-state index is 0.307. The van der Waals surface area contributed by atoms with Gasteiger partial charge in [-0.15, -0.1) is 0 Å². The molecule has 0 saturated heterocycles. The molecule has 4 heteroatoms. The Labute approximate surface area is 181 Å². The summed E-state index contributed by atoms with van der Waals surface area (Å²) in [4.78, 5) is 0. The van der Waals surface area contributed by atoms with E-state index in [0.717, 1.165) is 12.8 Å². The zero-order valence-electron chi connectivity index (χ0n) is 19.7. The van der Waals surface area contributed by atoms with Crippen LogP contribution in [0.3, 0.4) is 0 Å². The first-order chi connectivity index (χ1) is 13.7. The lowest BCUT2D eigenvalue weighted by Crippen LogP contribution is -2.47. The van der Waals surface area contributed by atoms with E-state index in [0.29, 0.717) is 25.7 Å². The number of unbranched alkanes of at least 4 members (excludes halogenated alkanes) is 8. The van der Waals surface area contributed by atoms with Gasteiger partial charge in [-0.2, -0.15) is 11.8 Å². The largest absolute Gasteiger partial charge is 0.328 e. The van der Waals surface area contributed by atoms with E-state index < -0.39 is 5.97 Å². The Morgan fingerprint density at radius 2 is 1.07 bits per heavy atom. The molecular formula is C24H50O3S. The van der Waals surface area contributed by atoms with E-state index in [4.69, 9.17) is 14.2 Å². The fraction of sp³-hybridized carbons (Fsp3) is 1.00. The van der Waals surface area contributed by atoms with Gasteiger partial charge in [-0.05, 0) is 51.5 Å². The Morgan fingerprint density at radius 1 is 0.571 bits per heavy atom. The van der Waals surface area contributed by atoms with Gasteiger partial charge in [0.2, 0.25) is 0 Å². The van der Waals surface area contributed by atoms with E-state index >= 15 is 0 Å². The second-order valence-electron chi connectivity index (χ2n) is 7.62. The molecule has 28 heavy (non-hydrogen) atoms. The predicted octanol–water partition coefficient (Wildman–Crippen LogP) is 7.82. The second kappa shape index (κ2) is 20.5. The Balaban J connectivity index is 4.67. The predicted molar refractivity (Wildman–Crippen MR) is 125 cm³/mol. The average Bonchev–Trinajstić information content (AvgIpc) is 2.68. The summed E-state index contributed by atoms with van der Waals surface area (Å²) in [6.45, 7) is 12.5. The third-order valence-corrected chi connectivity index (χ3v) is 6.30. The van der Waals surface area contributed by atoms with E-state index in [9.17, 15) is 0 Å².